The molecule has 1 unspecified atom stereocenters. The second-order valence-electron chi connectivity index (χ2n) is 9.05. The Balaban J connectivity index is 1.77. The molecule has 3 rings (SSSR count). The number of aliphatic carboxylic acids is 1. The lowest BCUT2D eigenvalue weighted by Gasteiger charge is -2.18. The fourth-order valence-electron chi connectivity index (χ4n) is 3.72. The predicted octanol–water partition coefficient (Wildman–Crippen LogP) is 7.33. The topological polar surface area (TPSA) is 107 Å². The molecule has 0 radical (unpaired) electrons. The quantitative estimate of drug-likeness (QED) is 0.118. The molecule has 2 aromatic carbocycles. The Labute approximate surface area is 245 Å². The Kier molecular flexibility index (Phi) is 11.5. The van der Waals surface area contributed by atoms with Crippen molar-refractivity contribution in [1.82, 2.24) is 4.98 Å². The number of ether oxygens (including phenoxy) is 3. The third kappa shape index (κ3) is 8.02. The minimum absolute atomic E-state index is 0.0504. The second-order valence-corrected chi connectivity index (χ2v) is 10.7. The molecule has 40 heavy (non-hydrogen) atoms. The molecule has 0 aliphatic heterocycles. The summed E-state index contributed by atoms with van der Waals surface area (Å²) >= 11 is 13.7. The van der Waals surface area contributed by atoms with Gasteiger partial charge in [0.15, 0.2) is 5.13 Å². The number of carbonyl (C=O) groups excluding carboxylic acids is 1. The van der Waals surface area contributed by atoms with E-state index in [0.29, 0.717) is 36.8 Å². The Hall–Kier alpha value is -3.02. The van der Waals surface area contributed by atoms with Crippen LogP contribution >= 0.6 is 34.5 Å². The van der Waals surface area contributed by atoms with Gasteiger partial charge < -0.3 is 19.3 Å². The first-order valence-corrected chi connectivity index (χ1v) is 13.8. The molecule has 1 atom stereocenters. The number of nitrogens with zero attached hydrogens (tertiary/aromatic N) is 1. The van der Waals surface area contributed by atoms with Crippen molar-refractivity contribution in [2.75, 3.05) is 32.8 Å². The molecule has 8 nitrogen and oxygen atoms in total. The summed E-state index contributed by atoms with van der Waals surface area (Å²) in [5.74, 6) is -2.28. The molecule has 12 heteroatoms. The molecule has 0 bridgehead atoms. The predicted molar refractivity (Wildman–Crippen MR) is 155 cm³/mol. The molecule has 214 valence electrons. The molecular formula is C28H29Cl2FN2O6S. The average molecular weight is 612 g/mol. The van der Waals surface area contributed by atoms with Gasteiger partial charge in [0, 0.05) is 54.4 Å². The lowest BCUT2D eigenvalue weighted by atomic mass is 10.0. The lowest BCUT2D eigenvalue weighted by Crippen LogP contribution is -2.12. The zero-order valence-corrected chi connectivity index (χ0v) is 24.6. The largest absolute Gasteiger partial charge is 0.490 e. The Morgan fingerprint density at radius 3 is 2.50 bits per heavy atom. The van der Waals surface area contributed by atoms with Crippen molar-refractivity contribution in [2.45, 2.75) is 26.4 Å². The number of nitrogens with one attached hydrogen (secondary N) is 1. The summed E-state index contributed by atoms with van der Waals surface area (Å²) in [7, 11) is 2.73. The van der Waals surface area contributed by atoms with E-state index < -0.39 is 23.8 Å². The molecule has 0 aliphatic rings. The lowest BCUT2D eigenvalue weighted by molar-refractivity contribution is -0.135. The van der Waals surface area contributed by atoms with Crippen molar-refractivity contribution in [3.05, 3.63) is 74.0 Å². The van der Waals surface area contributed by atoms with E-state index in [-0.39, 0.29) is 37.6 Å². The maximum absolute atomic E-state index is 15.5. The minimum atomic E-state index is -1.30. The number of methoxy groups -OCH3 is 2. The number of carbonyl (C=O) groups is 2. The van der Waals surface area contributed by atoms with Crippen molar-refractivity contribution < 1.29 is 33.3 Å². The highest BCUT2D eigenvalue weighted by Gasteiger charge is 2.21. The van der Waals surface area contributed by atoms with Crippen LogP contribution in [0.4, 0.5) is 9.52 Å². The summed E-state index contributed by atoms with van der Waals surface area (Å²) in [6.07, 6.45) is 1.16. The van der Waals surface area contributed by atoms with Gasteiger partial charge in [0.05, 0.1) is 29.0 Å². The zero-order valence-electron chi connectivity index (χ0n) is 22.3. The van der Waals surface area contributed by atoms with Crippen LogP contribution in [0.25, 0.3) is 17.3 Å². The monoisotopic (exact) mass is 610 g/mol. The number of thiazole rings is 1. The Morgan fingerprint density at radius 2 is 1.90 bits per heavy atom. The van der Waals surface area contributed by atoms with E-state index >= 15 is 4.39 Å². The van der Waals surface area contributed by atoms with Gasteiger partial charge in [-0.05, 0) is 30.2 Å². The van der Waals surface area contributed by atoms with Gasteiger partial charge in [-0.1, -0.05) is 49.2 Å². The molecule has 1 amide bonds. The number of rotatable bonds is 13. The SMILES string of the molecule is CO/C(=C\c1c(Cl)cc(C(=O)Nc2nc(-c3cccc(C(CCOCC(C)C)OC)c3F)cs2)cc1Cl)C(=O)O. The fourth-order valence-corrected chi connectivity index (χ4v) is 5.02. The van der Waals surface area contributed by atoms with Crippen molar-refractivity contribution in [3.63, 3.8) is 0 Å². The molecule has 0 saturated heterocycles. The van der Waals surface area contributed by atoms with Crippen LogP contribution in [0.5, 0.6) is 0 Å². The van der Waals surface area contributed by atoms with E-state index in [1.54, 1.807) is 23.6 Å². The molecule has 0 spiro atoms. The number of benzene rings is 2. The summed E-state index contributed by atoms with van der Waals surface area (Å²) in [6.45, 7) is 5.17. The van der Waals surface area contributed by atoms with Gasteiger partial charge in [0.1, 0.15) is 5.82 Å². The van der Waals surface area contributed by atoms with Crippen LogP contribution < -0.4 is 5.32 Å². The molecule has 3 aromatic rings. The standard InChI is InChI=1S/C28H29Cl2FN2O6S/c1-15(2)13-39-9-8-23(37-3)18-7-5-6-17(25(18)31)22-14-40-28(32-22)33-26(34)16-10-20(29)19(21(30)11-16)12-24(38-4)27(35)36/h5-7,10-12,14-15,23H,8-9,13H2,1-4H3,(H,35,36)(H,32,33,34)/b24-12-. The molecule has 0 saturated carbocycles. The number of aromatic nitrogens is 1. The second kappa shape index (κ2) is 14.6. The van der Waals surface area contributed by atoms with E-state index in [0.717, 1.165) is 17.4 Å². The summed E-state index contributed by atoms with van der Waals surface area (Å²) < 4.78 is 31.5. The number of hydrogen-bond donors (Lipinski definition) is 2. The highest BCUT2D eigenvalue weighted by molar-refractivity contribution is 7.14. The maximum atomic E-state index is 15.5. The zero-order chi connectivity index (χ0) is 29.4. The minimum Gasteiger partial charge on any atom is -0.490 e. The third-order valence-electron chi connectivity index (χ3n) is 5.68. The first-order valence-electron chi connectivity index (χ1n) is 12.2. The first kappa shape index (κ1) is 31.5. The highest BCUT2D eigenvalue weighted by atomic mass is 35.5. The normalized spacial score (nSPS) is 12.4. The van der Waals surface area contributed by atoms with E-state index in [1.165, 1.54) is 26.4 Å². The average Bonchev–Trinajstić information content (AvgIpc) is 3.36. The van der Waals surface area contributed by atoms with Crippen LogP contribution in [-0.4, -0.2) is 49.4 Å². The summed E-state index contributed by atoms with van der Waals surface area (Å²) in [6, 6.07) is 7.70. The van der Waals surface area contributed by atoms with Crippen LogP contribution in [0.3, 0.4) is 0 Å². The van der Waals surface area contributed by atoms with Gasteiger partial charge in [-0.2, -0.15) is 0 Å². The van der Waals surface area contributed by atoms with Crippen molar-refractivity contribution in [2.24, 2.45) is 5.92 Å². The third-order valence-corrected chi connectivity index (χ3v) is 7.07. The molecular weight excluding hydrogens is 582 g/mol. The van der Waals surface area contributed by atoms with E-state index in [4.69, 9.17) is 42.5 Å². The van der Waals surface area contributed by atoms with Crippen LogP contribution in [0.2, 0.25) is 10.0 Å². The maximum Gasteiger partial charge on any atom is 0.371 e. The van der Waals surface area contributed by atoms with Crippen molar-refractivity contribution in [1.29, 1.82) is 0 Å². The molecule has 1 heterocycles. The van der Waals surface area contributed by atoms with Gasteiger partial charge in [-0.3, -0.25) is 10.1 Å². The van der Waals surface area contributed by atoms with Crippen LogP contribution in [0.1, 0.15) is 47.9 Å². The summed E-state index contributed by atoms with van der Waals surface area (Å²) in [4.78, 5) is 28.5. The fraction of sp³-hybridized carbons (Fsp3) is 0.321. The van der Waals surface area contributed by atoms with Crippen LogP contribution in [-0.2, 0) is 19.0 Å². The number of amides is 1. The van der Waals surface area contributed by atoms with E-state index in [1.807, 2.05) is 0 Å². The van der Waals surface area contributed by atoms with Gasteiger partial charge in [-0.15, -0.1) is 11.3 Å². The smallest absolute Gasteiger partial charge is 0.371 e. The van der Waals surface area contributed by atoms with Gasteiger partial charge in [-0.25, -0.2) is 14.2 Å². The van der Waals surface area contributed by atoms with Crippen LogP contribution in [0.15, 0.2) is 41.5 Å². The number of carboxylic acid groups (broad SMARTS) is 1. The van der Waals surface area contributed by atoms with Crippen LogP contribution in [0, 0.1) is 11.7 Å². The van der Waals surface area contributed by atoms with Gasteiger partial charge in [0.2, 0.25) is 5.76 Å². The number of hydrogen-bond acceptors (Lipinski definition) is 7. The van der Waals surface area contributed by atoms with Crippen molar-refractivity contribution >= 4 is 57.6 Å². The molecule has 2 N–H and O–H groups in total. The molecule has 0 aliphatic carbocycles. The van der Waals surface area contributed by atoms with E-state index in [2.05, 4.69) is 24.1 Å². The van der Waals surface area contributed by atoms with Gasteiger partial charge in [0.25, 0.3) is 5.91 Å². The number of halogens is 3. The highest BCUT2D eigenvalue weighted by Crippen LogP contribution is 2.33. The van der Waals surface area contributed by atoms with E-state index in [9.17, 15) is 9.59 Å². The molecule has 1 aromatic heterocycles. The Bertz CT molecular complexity index is 1370. The summed E-state index contributed by atoms with van der Waals surface area (Å²) in [5, 5.41) is 13.8. The first-order chi connectivity index (χ1) is 19.0. The summed E-state index contributed by atoms with van der Waals surface area (Å²) in [5.41, 5.74) is 1.32. The van der Waals surface area contributed by atoms with Crippen molar-refractivity contribution in [3.8, 4) is 11.3 Å². The number of anilines is 1. The molecule has 0 fully saturated rings. The van der Waals surface area contributed by atoms with Gasteiger partial charge >= 0.3 is 5.97 Å². The number of carboxylic acids is 1. The Morgan fingerprint density at radius 1 is 1.20 bits per heavy atom.